The number of carbonyl (C=O) groups is 1. The first kappa shape index (κ1) is 15.4. The molecule has 0 spiro atoms. The van der Waals surface area contributed by atoms with Gasteiger partial charge in [-0.25, -0.2) is 0 Å². The lowest BCUT2D eigenvalue weighted by Crippen LogP contribution is -2.47. The normalized spacial score (nSPS) is 23.4. The Morgan fingerprint density at radius 2 is 2.11 bits per heavy atom. The summed E-state index contributed by atoms with van der Waals surface area (Å²) in [6.07, 6.45) is 2.66. The molecule has 0 heterocycles. The molecule has 0 amide bonds. The minimum atomic E-state index is -3.59. The molecule has 0 aromatic rings. The lowest BCUT2D eigenvalue weighted by molar-refractivity contribution is -0.137. The molecule has 0 aromatic carbocycles. The van der Waals surface area contributed by atoms with Crippen molar-refractivity contribution in [3.8, 4) is 0 Å². The highest BCUT2D eigenvalue weighted by Gasteiger charge is 2.37. The van der Waals surface area contributed by atoms with Crippen LogP contribution in [0.3, 0.4) is 0 Å². The van der Waals surface area contributed by atoms with Crippen LogP contribution in [0.1, 0.15) is 39.5 Å². The fourth-order valence-corrected chi connectivity index (χ4v) is 3.50. The zero-order chi connectivity index (χ0) is 14.0. The second-order valence-corrected chi connectivity index (χ2v) is 7.33. The monoisotopic (exact) mass is 278 g/mol. The molecule has 1 unspecified atom stereocenters. The van der Waals surface area contributed by atoms with Crippen molar-refractivity contribution in [2.24, 2.45) is 5.41 Å². The molecule has 0 aliphatic heterocycles. The van der Waals surface area contributed by atoms with Crippen LogP contribution < -0.4 is 4.72 Å². The van der Waals surface area contributed by atoms with E-state index in [1.807, 2.05) is 13.8 Å². The smallest absolute Gasteiger partial charge is 0.304 e. The zero-order valence-corrected chi connectivity index (χ0v) is 12.0. The molecule has 7 heteroatoms. The lowest BCUT2D eigenvalue weighted by Gasteiger charge is -2.29. The van der Waals surface area contributed by atoms with E-state index in [2.05, 4.69) is 4.72 Å². The highest BCUT2D eigenvalue weighted by Crippen LogP contribution is 2.37. The molecule has 0 aromatic heterocycles. The van der Waals surface area contributed by atoms with Gasteiger partial charge in [0.2, 0.25) is 0 Å². The van der Waals surface area contributed by atoms with Crippen molar-refractivity contribution in [3.05, 3.63) is 0 Å². The van der Waals surface area contributed by atoms with E-state index in [4.69, 9.17) is 5.11 Å². The van der Waals surface area contributed by atoms with Gasteiger partial charge in [0.15, 0.2) is 0 Å². The van der Waals surface area contributed by atoms with E-state index >= 15 is 0 Å². The topological polar surface area (TPSA) is 86.7 Å². The van der Waals surface area contributed by atoms with Crippen LogP contribution >= 0.6 is 0 Å². The van der Waals surface area contributed by atoms with Gasteiger partial charge in [-0.2, -0.15) is 17.4 Å². The third-order valence-electron chi connectivity index (χ3n) is 3.60. The Hall–Kier alpha value is -0.660. The fraction of sp³-hybridized carbons (Fsp3) is 0.909. The number of carboxylic acid groups (broad SMARTS) is 1. The number of carboxylic acids is 1. The van der Waals surface area contributed by atoms with Crippen molar-refractivity contribution in [2.75, 3.05) is 13.6 Å². The van der Waals surface area contributed by atoms with Crippen LogP contribution in [-0.4, -0.2) is 43.4 Å². The average molecular weight is 278 g/mol. The van der Waals surface area contributed by atoms with E-state index in [1.54, 1.807) is 0 Å². The molecule has 1 aliphatic rings. The fourth-order valence-electron chi connectivity index (χ4n) is 2.19. The number of hydrogen-bond donors (Lipinski definition) is 2. The standard InChI is InChI=1S/C11H22N2O4S/c1-11(2)7-4-5-9(11)12-18(16,17)13(3)8-6-10(14)15/h9,12H,4-8H2,1-3H3,(H,14,15). The number of nitrogens with zero attached hydrogens (tertiary/aromatic N) is 1. The van der Waals surface area contributed by atoms with E-state index in [0.717, 1.165) is 23.6 Å². The molecule has 0 saturated heterocycles. The predicted molar refractivity (Wildman–Crippen MR) is 68.4 cm³/mol. The van der Waals surface area contributed by atoms with Crippen LogP contribution in [0.15, 0.2) is 0 Å². The maximum atomic E-state index is 12.0. The molecule has 106 valence electrons. The predicted octanol–water partition coefficient (Wildman–Crippen LogP) is 0.806. The van der Waals surface area contributed by atoms with Gasteiger partial charge < -0.3 is 5.11 Å². The summed E-state index contributed by atoms with van der Waals surface area (Å²) in [7, 11) is -2.19. The van der Waals surface area contributed by atoms with Crippen LogP contribution in [0.25, 0.3) is 0 Å². The summed E-state index contributed by atoms with van der Waals surface area (Å²) in [5, 5.41) is 8.55. The van der Waals surface area contributed by atoms with Gasteiger partial charge in [0, 0.05) is 19.6 Å². The van der Waals surface area contributed by atoms with Gasteiger partial charge in [0.25, 0.3) is 10.2 Å². The van der Waals surface area contributed by atoms with Crippen LogP contribution in [0, 0.1) is 5.41 Å². The van der Waals surface area contributed by atoms with E-state index in [0.29, 0.717) is 0 Å². The van der Waals surface area contributed by atoms with Gasteiger partial charge in [0.1, 0.15) is 0 Å². The Morgan fingerprint density at radius 1 is 1.50 bits per heavy atom. The first-order chi connectivity index (χ1) is 8.15. The van der Waals surface area contributed by atoms with E-state index in [-0.39, 0.29) is 24.4 Å². The minimum absolute atomic E-state index is 0.0161. The van der Waals surface area contributed by atoms with Crippen LogP contribution in [-0.2, 0) is 15.0 Å². The quantitative estimate of drug-likeness (QED) is 0.752. The molecule has 1 saturated carbocycles. The molecule has 0 bridgehead atoms. The van der Waals surface area contributed by atoms with E-state index in [9.17, 15) is 13.2 Å². The molecule has 1 aliphatic carbocycles. The number of nitrogens with one attached hydrogen (secondary N) is 1. The van der Waals surface area contributed by atoms with Gasteiger partial charge in [-0.05, 0) is 18.3 Å². The van der Waals surface area contributed by atoms with Gasteiger partial charge in [0.05, 0.1) is 6.42 Å². The molecule has 2 N–H and O–H groups in total. The second-order valence-electron chi connectivity index (χ2n) is 5.52. The molecule has 0 radical (unpaired) electrons. The average Bonchev–Trinajstić information content (AvgIpc) is 2.54. The molecule has 18 heavy (non-hydrogen) atoms. The van der Waals surface area contributed by atoms with Gasteiger partial charge in [-0.15, -0.1) is 0 Å². The summed E-state index contributed by atoms with van der Waals surface area (Å²) in [4.78, 5) is 10.4. The Morgan fingerprint density at radius 3 is 2.56 bits per heavy atom. The first-order valence-corrected chi connectivity index (χ1v) is 7.54. The highest BCUT2D eigenvalue weighted by atomic mass is 32.2. The van der Waals surface area contributed by atoms with Crippen LogP contribution in [0.4, 0.5) is 0 Å². The Kier molecular flexibility index (Phi) is 4.74. The molecular weight excluding hydrogens is 256 g/mol. The summed E-state index contributed by atoms with van der Waals surface area (Å²) in [6, 6.07) is -0.0743. The Bertz CT molecular complexity index is 405. The van der Waals surface area contributed by atoms with Crippen molar-refractivity contribution in [3.63, 3.8) is 0 Å². The second kappa shape index (κ2) is 5.54. The van der Waals surface area contributed by atoms with Gasteiger partial charge >= 0.3 is 5.97 Å². The minimum Gasteiger partial charge on any atom is -0.481 e. The lowest BCUT2D eigenvalue weighted by atomic mass is 9.88. The Labute approximate surface area is 109 Å². The third kappa shape index (κ3) is 3.93. The maximum Gasteiger partial charge on any atom is 0.304 e. The van der Waals surface area contributed by atoms with Crippen molar-refractivity contribution in [1.29, 1.82) is 0 Å². The highest BCUT2D eigenvalue weighted by molar-refractivity contribution is 7.87. The summed E-state index contributed by atoms with van der Waals surface area (Å²) in [6.45, 7) is 4.08. The number of rotatable bonds is 6. The SMILES string of the molecule is CN(CCC(=O)O)S(=O)(=O)NC1CCCC1(C)C. The van der Waals surface area contributed by atoms with Crippen LogP contribution in [0.2, 0.25) is 0 Å². The van der Waals surface area contributed by atoms with Gasteiger partial charge in [-0.1, -0.05) is 20.3 Å². The largest absolute Gasteiger partial charge is 0.481 e. The van der Waals surface area contributed by atoms with E-state index in [1.165, 1.54) is 7.05 Å². The van der Waals surface area contributed by atoms with Crippen LogP contribution in [0.5, 0.6) is 0 Å². The molecule has 1 rings (SSSR count). The summed E-state index contributed by atoms with van der Waals surface area (Å²) in [5.41, 5.74) is -0.0410. The first-order valence-electron chi connectivity index (χ1n) is 6.10. The Balaban J connectivity index is 2.61. The number of aliphatic carboxylic acids is 1. The van der Waals surface area contributed by atoms with Crippen molar-refractivity contribution in [2.45, 2.75) is 45.6 Å². The van der Waals surface area contributed by atoms with Crippen molar-refractivity contribution in [1.82, 2.24) is 9.03 Å². The van der Waals surface area contributed by atoms with Crippen molar-refractivity contribution < 1.29 is 18.3 Å². The summed E-state index contributed by atoms with van der Waals surface area (Å²) in [5.74, 6) is -1.00. The molecule has 1 fully saturated rings. The van der Waals surface area contributed by atoms with E-state index < -0.39 is 16.2 Å². The molecule has 6 nitrogen and oxygen atoms in total. The molecule has 1 atom stereocenters. The number of hydrogen-bond acceptors (Lipinski definition) is 3. The summed E-state index contributed by atoms with van der Waals surface area (Å²) >= 11 is 0. The summed E-state index contributed by atoms with van der Waals surface area (Å²) < 4.78 is 27.8. The molecular formula is C11H22N2O4S. The van der Waals surface area contributed by atoms with Gasteiger partial charge in [-0.3, -0.25) is 4.79 Å². The third-order valence-corrected chi connectivity index (χ3v) is 5.18. The van der Waals surface area contributed by atoms with Crippen molar-refractivity contribution >= 4 is 16.2 Å². The zero-order valence-electron chi connectivity index (χ0n) is 11.1. The maximum absolute atomic E-state index is 12.0.